The number of rotatable bonds is 9. The SMILES string of the molecule is O=C(Cc1nc2ccccc2n1C[C@H](O)COc1ccc(Cl)cc1)NCc1ccc(Cl)cc1. The third kappa shape index (κ3) is 6.26. The Morgan fingerprint density at radius 1 is 1.00 bits per heavy atom. The van der Waals surface area contributed by atoms with E-state index in [2.05, 4.69) is 10.3 Å². The molecule has 1 aromatic heterocycles. The fourth-order valence-corrected chi connectivity index (χ4v) is 3.71. The lowest BCUT2D eigenvalue weighted by Gasteiger charge is -2.16. The zero-order valence-corrected chi connectivity index (χ0v) is 19.3. The molecule has 0 bridgehead atoms. The second kappa shape index (κ2) is 10.7. The summed E-state index contributed by atoms with van der Waals surface area (Å²) in [6.45, 7) is 0.734. The summed E-state index contributed by atoms with van der Waals surface area (Å²) in [5.41, 5.74) is 2.57. The maximum Gasteiger partial charge on any atom is 0.227 e. The first kappa shape index (κ1) is 23.1. The molecule has 170 valence electrons. The third-order valence-corrected chi connectivity index (χ3v) is 5.61. The number of aliphatic hydroxyl groups excluding tert-OH is 1. The predicted octanol–water partition coefficient (Wildman–Crippen LogP) is 4.64. The van der Waals surface area contributed by atoms with Gasteiger partial charge in [-0.1, -0.05) is 47.5 Å². The number of hydrogen-bond acceptors (Lipinski definition) is 4. The zero-order valence-electron chi connectivity index (χ0n) is 17.7. The molecule has 4 rings (SSSR count). The number of ether oxygens (including phenoxy) is 1. The predicted molar refractivity (Wildman–Crippen MR) is 130 cm³/mol. The molecule has 0 radical (unpaired) electrons. The number of para-hydroxylation sites is 2. The van der Waals surface area contributed by atoms with Gasteiger partial charge in [0.1, 0.15) is 24.3 Å². The average Bonchev–Trinajstić information content (AvgIpc) is 3.15. The quantitative estimate of drug-likeness (QED) is 0.363. The number of nitrogens with one attached hydrogen (secondary N) is 1. The minimum Gasteiger partial charge on any atom is -0.491 e. The van der Waals surface area contributed by atoms with Gasteiger partial charge in [0.2, 0.25) is 5.91 Å². The Hall–Kier alpha value is -3.06. The molecule has 0 saturated carbocycles. The van der Waals surface area contributed by atoms with E-state index in [9.17, 15) is 9.90 Å². The minimum absolute atomic E-state index is 0.0903. The van der Waals surface area contributed by atoms with Crippen LogP contribution in [0.1, 0.15) is 11.4 Å². The van der Waals surface area contributed by atoms with Crippen molar-refractivity contribution >= 4 is 40.1 Å². The van der Waals surface area contributed by atoms with E-state index in [0.717, 1.165) is 16.6 Å². The lowest BCUT2D eigenvalue weighted by atomic mass is 10.2. The summed E-state index contributed by atoms with van der Waals surface area (Å²) >= 11 is 11.8. The topological polar surface area (TPSA) is 76.4 Å². The smallest absolute Gasteiger partial charge is 0.227 e. The molecule has 2 N–H and O–H groups in total. The molecular weight excluding hydrogens is 461 g/mol. The molecule has 6 nitrogen and oxygen atoms in total. The molecule has 3 aromatic carbocycles. The highest BCUT2D eigenvalue weighted by Gasteiger charge is 2.17. The highest BCUT2D eigenvalue weighted by Crippen LogP contribution is 2.19. The molecule has 1 atom stereocenters. The Balaban J connectivity index is 1.42. The highest BCUT2D eigenvalue weighted by atomic mass is 35.5. The van der Waals surface area contributed by atoms with Gasteiger partial charge in [0, 0.05) is 16.6 Å². The van der Waals surface area contributed by atoms with Crippen molar-refractivity contribution in [3.05, 3.63) is 94.2 Å². The first-order chi connectivity index (χ1) is 16.0. The second-order valence-corrected chi connectivity index (χ2v) is 8.50. The molecule has 4 aromatic rings. The van der Waals surface area contributed by atoms with Gasteiger partial charge in [-0.15, -0.1) is 0 Å². The van der Waals surface area contributed by atoms with E-state index in [0.29, 0.717) is 28.2 Å². The lowest BCUT2D eigenvalue weighted by Crippen LogP contribution is -2.28. The van der Waals surface area contributed by atoms with Crippen molar-refractivity contribution in [2.75, 3.05) is 6.61 Å². The van der Waals surface area contributed by atoms with E-state index >= 15 is 0 Å². The number of aromatic nitrogens is 2. The monoisotopic (exact) mass is 483 g/mol. The number of hydrogen-bond donors (Lipinski definition) is 2. The Kier molecular flexibility index (Phi) is 7.50. The van der Waals surface area contributed by atoms with Gasteiger partial charge >= 0.3 is 0 Å². The van der Waals surface area contributed by atoms with E-state index in [1.807, 2.05) is 41.0 Å². The Labute approximate surface area is 201 Å². The number of benzene rings is 3. The van der Waals surface area contributed by atoms with Crippen LogP contribution < -0.4 is 10.1 Å². The van der Waals surface area contributed by atoms with Crippen LogP contribution in [0.15, 0.2) is 72.8 Å². The van der Waals surface area contributed by atoms with Gasteiger partial charge in [-0.2, -0.15) is 0 Å². The summed E-state index contributed by atoms with van der Waals surface area (Å²) in [4.78, 5) is 17.2. The molecule has 0 saturated heterocycles. The molecule has 1 amide bonds. The number of halogens is 2. The maximum atomic E-state index is 12.6. The van der Waals surface area contributed by atoms with Gasteiger partial charge in [0.25, 0.3) is 0 Å². The van der Waals surface area contributed by atoms with Gasteiger partial charge in [-0.3, -0.25) is 4.79 Å². The largest absolute Gasteiger partial charge is 0.491 e. The van der Waals surface area contributed by atoms with Gasteiger partial charge < -0.3 is 19.7 Å². The maximum absolute atomic E-state index is 12.6. The highest BCUT2D eigenvalue weighted by molar-refractivity contribution is 6.30. The third-order valence-electron chi connectivity index (χ3n) is 5.10. The van der Waals surface area contributed by atoms with Gasteiger partial charge in [-0.25, -0.2) is 4.98 Å². The fraction of sp³-hybridized carbons (Fsp3) is 0.200. The number of carbonyl (C=O) groups is 1. The molecular formula is C25H23Cl2N3O3. The second-order valence-electron chi connectivity index (χ2n) is 7.63. The standard InChI is InChI=1S/C25H23Cl2N3O3/c26-18-7-5-17(6-8-18)14-28-25(32)13-24-29-22-3-1-2-4-23(22)30(24)15-20(31)16-33-21-11-9-19(27)10-12-21/h1-12,20,31H,13-16H2,(H,28,32)/t20-/m0/s1. The van der Waals surface area contributed by atoms with Crippen LogP contribution in [0.4, 0.5) is 0 Å². The van der Waals surface area contributed by atoms with E-state index < -0.39 is 6.10 Å². The number of carbonyl (C=O) groups excluding carboxylic acids is 1. The molecule has 0 fully saturated rings. The Morgan fingerprint density at radius 2 is 1.67 bits per heavy atom. The summed E-state index contributed by atoms with van der Waals surface area (Å²) in [5, 5.41) is 14.8. The fourth-order valence-electron chi connectivity index (χ4n) is 3.46. The molecule has 0 unspecified atom stereocenters. The van der Waals surface area contributed by atoms with Gasteiger partial charge in [0.15, 0.2) is 0 Å². The summed E-state index contributed by atoms with van der Waals surface area (Å²) in [7, 11) is 0. The summed E-state index contributed by atoms with van der Waals surface area (Å²) < 4.78 is 7.54. The van der Waals surface area contributed by atoms with Crippen molar-refractivity contribution in [1.29, 1.82) is 0 Å². The molecule has 0 aliphatic heterocycles. The van der Waals surface area contributed by atoms with Crippen LogP contribution in [-0.2, 0) is 24.3 Å². The van der Waals surface area contributed by atoms with Crippen molar-refractivity contribution in [2.45, 2.75) is 25.6 Å². The number of fused-ring (bicyclic) bond motifs is 1. The molecule has 0 spiro atoms. The van der Waals surface area contributed by atoms with Crippen molar-refractivity contribution in [1.82, 2.24) is 14.9 Å². The van der Waals surface area contributed by atoms with Crippen LogP contribution >= 0.6 is 23.2 Å². The molecule has 0 aliphatic carbocycles. The number of imidazole rings is 1. The van der Waals surface area contributed by atoms with Crippen LogP contribution in [0.5, 0.6) is 5.75 Å². The summed E-state index contributed by atoms with van der Waals surface area (Å²) in [5.74, 6) is 1.04. The molecule has 0 aliphatic rings. The molecule has 8 heteroatoms. The Bertz CT molecular complexity index is 1220. The first-order valence-corrected chi connectivity index (χ1v) is 11.3. The van der Waals surface area contributed by atoms with E-state index in [-0.39, 0.29) is 25.5 Å². The van der Waals surface area contributed by atoms with Crippen molar-refractivity contribution in [3.63, 3.8) is 0 Å². The van der Waals surface area contributed by atoms with Crippen molar-refractivity contribution in [3.8, 4) is 5.75 Å². The molecule has 1 heterocycles. The zero-order chi connectivity index (χ0) is 23.2. The van der Waals surface area contributed by atoms with Crippen LogP contribution in [-0.4, -0.2) is 33.3 Å². The summed E-state index contributed by atoms with van der Waals surface area (Å²) in [6.07, 6.45) is -0.707. The van der Waals surface area contributed by atoms with Crippen LogP contribution in [0.25, 0.3) is 11.0 Å². The van der Waals surface area contributed by atoms with Crippen molar-refractivity contribution < 1.29 is 14.6 Å². The molecule has 33 heavy (non-hydrogen) atoms. The summed E-state index contributed by atoms with van der Waals surface area (Å²) in [6, 6.07) is 21.9. The van der Waals surface area contributed by atoms with Crippen LogP contribution in [0, 0.1) is 0 Å². The number of aliphatic hydroxyl groups is 1. The van der Waals surface area contributed by atoms with Crippen LogP contribution in [0.3, 0.4) is 0 Å². The Morgan fingerprint density at radius 3 is 2.39 bits per heavy atom. The normalized spacial score (nSPS) is 12.0. The first-order valence-electron chi connectivity index (χ1n) is 10.5. The van der Waals surface area contributed by atoms with Crippen molar-refractivity contribution in [2.24, 2.45) is 0 Å². The van der Waals surface area contributed by atoms with Gasteiger partial charge in [-0.05, 0) is 54.1 Å². The minimum atomic E-state index is -0.797. The van der Waals surface area contributed by atoms with E-state index in [4.69, 9.17) is 27.9 Å². The average molecular weight is 484 g/mol. The number of amides is 1. The lowest BCUT2D eigenvalue weighted by molar-refractivity contribution is -0.120. The number of nitrogens with zero attached hydrogens (tertiary/aromatic N) is 2. The van der Waals surface area contributed by atoms with Crippen LogP contribution in [0.2, 0.25) is 10.0 Å². The van der Waals surface area contributed by atoms with E-state index in [1.165, 1.54) is 0 Å². The van der Waals surface area contributed by atoms with Gasteiger partial charge in [0.05, 0.1) is 24.0 Å². The van der Waals surface area contributed by atoms with E-state index in [1.54, 1.807) is 36.4 Å².